The lowest BCUT2D eigenvalue weighted by molar-refractivity contribution is -0.125. The van der Waals surface area contributed by atoms with E-state index in [1.54, 1.807) is 11.3 Å². The third kappa shape index (κ3) is 2.62. The molecule has 1 heterocycles. The number of hydrogen-bond acceptors (Lipinski definition) is 3. The number of carbonyl (C=O) groups is 1. The second kappa shape index (κ2) is 4.97. The molecule has 0 spiro atoms. The van der Waals surface area contributed by atoms with E-state index in [-0.39, 0.29) is 23.9 Å². The van der Waals surface area contributed by atoms with Crippen LogP contribution in [0.1, 0.15) is 37.1 Å². The molecular weight excluding hydrogens is 220 g/mol. The van der Waals surface area contributed by atoms with Gasteiger partial charge in [0.25, 0.3) is 0 Å². The molecule has 0 aromatic carbocycles. The van der Waals surface area contributed by atoms with E-state index in [1.807, 2.05) is 18.4 Å². The highest BCUT2D eigenvalue weighted by Gasteiger charge is 2.28. The second-order valence-electron chi connectivity index (χ2n) is 4.52. The minimum Gasteiger partial charge on any atom is -0.349 e. The number of nitrogens with two attached hydrogens (primary N) is 1. The van der Waals surface area contributed by atoms with Crippen molar-refractivity contribution < 1.29 is 4.79 Å². The molecule has 3 atom stereocenters. The van der Waals surface area contributed by atoms with E-state index in [0.29, 0.717) is 0 Å². The first-order valence-corrected chi connectivity index (χ1v) is 6.64. The fourth-order valence-corrected chi connectivity index (χ4v) is 2.93. The van der Waals surface area contributed by atoms with Gasteiger partial charge in [0.2, 0.25) is 5.91 Å². The SMILES string of the molecule is CC(NC(=O)C1CCC(N)C1)c1cccs1. The Morgan fingerprint density at radius 2 is 2.44 bits per heavy atom. The van der Waals surface area contributed by atoms with Crippen molar-refractivity contribution in [3.63, 3.8) is 0 Å². The van der Waals surface area contributed by atoms with Gasteiger partial charge in [0.05, 0.1) is 6.04 Å². The summed E-state index contributed by atoms with van der Waals surface area (Å²) >= 11 is 1.68. The van der Waals surface area contributed by atoms with Gasteiger partial charge < -0.3 is 11.1 Å². The Labute approximate surface area is 100 Å². The maximum absolute atomic E-state index is 11.9. The monoisotopic (exact) mass is 238 g/mol. The van der Waals surface area contributed by atoms with E-state index < -0.39 is 0 Å². The zero-order chi connectivity index (χ0) is 11.5. The Morgan fingerprint density at radius 1 is 1.62 bits per heavy atom. The van der Waals surface area contributed by atoms with Crippen LogP contribution in [0.5, 0.6) is 0 Å². The molecule has 2 rings (SSSR count). The van der Waals surface area contributed by atoms with Gasteiger partial charge in [-0.1, -0.05) is 6.07 Å². The first kappa shape index (κ1) is 11.6. The Bertz CT molecular complexity index is 350. The predicted octanol–water partition coefficient (Wildman–Crippen LogP) is 2.05. The van der Waals surface area contributed by atoms with Crippen LogP contribution in [0.3, 0.4) is 0 Å². The topological polar surface area (TPSA) is 55.1 Å². The Kier molecular flexibility index (Phi) is 3.61. The van der Waals surface area contributed by atoms with Gasteiger partial charge in [0.15, 0.2) is 0 Å². The summed E-state index contributed by atoms with van der Waals surface area (Å²) < 4.78 is 0. The molecular formula is C12H18N2OS. The highest BCUT2D eigenvalue weighted by molar-refractivity contribution is 7.10. The number of nitrogens with one attached hydrogen (secondary N) is 1. The van der Waals surface area contributed by atoms with E-state index in [2.05, 4.69) is 11.4 Å². The molecule has 3 nitrogen and oxygen atoms in total. The summed E-state index contributed by atoms with van der Waals surface area (Å²) in [5.74, 6) is 0.284. The van der Waals surface area contributed by atoms with E-state index >= 15 is 0 Å². The van der Waals surface area contributed by atoms with Crippen molar-refractivity contribution >= 4 is 17.2 Å². The summed E-state index contributed by atoms with van der Waals surface area (Å²) in [5.41, 5.74) is 5.81. The van der Waals surface area contributed by atoms with E-state index in [1.165, 1.54) is 4.88 Å². The van der Waals surface area contributed by atoms with Gasteiger partial charge in [-0.3, -0.25) is 4.79 Å². The molecule has 1 aliphatic rings. The quantitative estimate of drug-likeness (QED) is 0.847. The van der Waals surface area contributed by atoms with Crippen molar-refractivity contribution in [2.45, 2.75) is 38.3 Å². The van der Waals surface area contributed by atoms with Gasteiger partial charge in [-0.05, 0) is 37.6 Å². The molecule has 1 aliphatic carbocycles. The van der Waals surface area contributed by atoms with Crippen molar-refractivity contribution in [2.75, 3.05) is 0 Å². The molecule has 0 saturated heterocycles. The average molecular weight is 238 g/mol. The first-order valence-electron chi connectivity index (χ1n) is 5.76. The number of carbonyl (C=O) groups excluding carboxylic acids is 1. The van der Waals surface area contributed by atoms with Crippen LogP contribution >= 0.6 is 11.3 Å². The number of amides is 1. The van der Waals surface area contributed by atoms with Crippen LogP contribution < -0.4 is 11.1 Å². The molecule has 3 N–H and O–H groups in total. The second-order valence-corrected chi connectivity index (χ2v) is 5.50. The first-order chi connectivity index (χ1) is 7.66. The normalized spacial score (nSPS) is 26.6. The van der Waals surface area contributed by atoms with Crippen LogP contribution in [0.2, 0.25) is 0 Å². The molecule has 16 heavy (non-hydrogen) atoms. The lowest BCUT2D eigenvalue weighted by atomic mass is 10.1. The van der Waals surface area contributed by atoms with Crippen molar-refractivity contribution in [1.82, 2.24) is 5.32 Å². The van der Waals surface area contributed by atoms with Gasteiger partial charge in [0.1, 0.15) is 0 Å². The smallest absolute Gasteiger partial charge is 0.223 e. The largest absolute Gasteiger partial charge is 0.349 e. The van der Waals surface area contributed by atoms with E-state index in [0.717, 1.165) is 19.3 Å². The fraction of sp³-hybridized carbons (Fsp3) is 0.583. The maximum Gasteiger partial charge on any atom is 0.223 e. The zero-order valence-electron chi connectivity index (χ0n) is 9.48. The van der Waals surface area contributed by atoms with Crippen LogP contribution in [0.4, 0.5) is 0 Å². The third-order valence-corrected chi connectivity index (χ3v) is 4.23. The molecule has 1 saturated carbocycles. The molecule has 0 bridgehead atoms. The van der Waals surface area contributed by atoms with Gasteiger partial charge in [-0.15, -0.1) is 11.3 Å². The third-order valence-electron chi connectivity index (χ3n) is 3.17. The number of rotatable bonds is 3. The molecule has 0 radical (unpaired) electrons. The minimum atomic E-state index is 0.115. The van der Waals surface area contributed by atoms with Crippen LogP contribution in [0.25, 0.3) is 0 Å². The summed E-state index contributed by atoms with van der Waals surface area (Å²) in [4.78, 5) is 13.1. The standard InChI is InChI=1S/C12H18N2OS/c1-8(11-3-2-6-16-11)14-12(15)9-4-5-10(13)7-9/h2-3,6,8-10H,4-5,7,13H2,1H3,(H,14,15). The van der Waals surface area contributed by atoms with Crippen LogP contribution in [-0.2, 0) is 4.79 Å². The van der Waals surface area contributed by atoms with E-state index in [9.17, 15) is 4.79 Å². The zero-order valence-corrected chi connectivity index (χ0v) is 10.3. The van der Waals surface area contributed by atoms with Gasteiger partial charge in [0, 0.05) is 16.8 Å². The van der Waals surface area contributed by atoms with Crippen LogP contribution in [0.15, 0.2) is 17.5 Å². The predicted molar refractivity (Wildman–Crippen MR) is 66.2 cm³/mol. The molecule has 88 valence electrons. The molecule has 1 aromatic rings. The summed E-state index contributed by atoms with van der Waals surface area (Å²) in [6.07, 6.45) is 2.75. The molecule has 0 aliphatic heterocycles. The number of thiophene rings is 1. The van der Waals surface area contributed by atoms with Crippen LogP contribution in [0, 0.1) is 5.92 Å². The van der Waals surface area contributed by atoms with E-state index in [4.69, 9.17) is 5.73 Å². The van der Waals surface area contributed by atoms with Crippen molar-refractivity contribution in [2.24, 2.45) is 11.7 Å². The molecule has 4 heteroatoms. The van der Waals surface area contributed by atoms with Gasteiger partial charge in [-0.25, -0.2) is 0 Å². The highest BCUT2D eigenvalue weighted by Crippen LogP contribution is 2.26. The molecule has 3 unspecified atom stereocenters. The maximum atomic E-state index is 11.9. The van der Waals surface area contributed by atoms with Crippen molar-refractivity contribution in [1.29, 1.82) is 0 Å². The molecule has 1 fully saturated rings. The molecule has 1 amide bonds. The molecule has 1 aromatic heterocycles. The minimum absolute atomic E-state index is 0.115. The lowest BCUT2D eigenvalue weighted by Crippen LogP contribution is -2.32. The lowest BCUT2D eigenvalue weighted by Gasteiger charge is -2.15. The van der Waals surface area contributed by atoms with Crippen LogP contribution in [-0.4, -0.2) is 11.9 Å². The van der Waals surface area contributed by atoms with Crippen molar-refractivity contribution in [3.8, 4) is 0 Å². The van der Waals surface area contributed by atoms with Gasteiger partial charge >= 0.3 is 0 Å². The summed E-state index contributed by atoms with van der Waals surface area (Å²) in [7, 11) is 0. The highest BCUT2D eigenvalue weighted by atomic mass is 32.1. The summed E-state index contributed by atoms with van der Waals surface area (Å²) in [6, 6.07) is 4.39. The Balaban J connectivity index is 1.88. The fourth-order valence-electron chi connectivity index (χ4n) is 2.19. The van der Waals surface area contributed by atoms with Gasteiger partial charge in [-0.2, -0.15) is 0 Å². The Morgan fingerprint density at radius 3 is 3.00 bits per heavy atom. The number of hydrogen-bond donors (Lipinski definition) is 2. The Hall–Kier alpha value is -0.870. The van der Waals surface area contributed by atoms with Crippen molar-refractivity contribution in [3.05, 3.63) is 22.4 Å². The summed E-state index contributed by atoms with van der Waals surface area (Å²) in [5, 5.41) is 5.09. The summed E-state index contributed by atoms with van der Waals surface area (Å²) in [6.45, 7) is 2.03. The average Bonchev–Trinajstić information content (AvgIpc) is 2.87.